The molecule has 180 valence electrons. The summed E-state index contributed by atoms with van der Waals surface area (Å²) in [6.45, 7) is 0.0813. The van der Waals surface area contributed by atoms with Gasteiger partial charge >= 0.3 is 5.97 Å². The fourth-order valence-electron chi connectivity index (χ4n) is 4.98. The van der Waals surface area contributed by atoms with Crippen molar-refractivity contribution in [2.45, 2.75) is 19.0 Å². The Labute approximate surface area is 207 Å². The summed E-state index contributed by atoms with van der Waals surface area (Å²) < 4.78 is 16.6. The third kappa shape index (κ3) is 3.79. The molecule has 0 aliphatic carbocycles. The number of amides is 1. The van der Waals surface area contributed by atoms with Gasteiger partial charge in [0.2, 0.25) is 0 Å². The smallest absolute Gasteiger partial charge is 0.328 e. The van der Waals surface area contributed by atoms with Gasteiger partial charge in [-0.3, -0.25) is 4.79 Å². The van der Waals surface area contributed by atoms with E-state index < -0.39 is 12.0 Å². The van der Waals surface area contributed by atoms with Gasteiger partial charge in [-0.2, -0.15) is 0 Å². The number of aromatic amines is 1. The molecule has 7 nitrogen and oxygen atoms in total. The summed E-state index contributed by atoms with van der Waals surface area (Å²) in [5.41, 5.74) is 5.69. The minimum atomic E-state index is -0.709. The number of H-pyrrole nitrogens is 1. The molecule has 6 rings (SSSR count). The van der Waals surface area contributed by atoms with Crippen molar-refractivity contribution < 1.29 is 23.5 Å². The Kier molecular flexibility index (Phi) is 5.45. The number of carbonyl (C=O) groups excluding carboxylic acids is 2. The van der Waals surface area contributed by atoms with E-state index >= 15 is 0 Å². The van der Waals surface area contributed by atoms with Gasteiger partial charge < -0.3 is 23.8 Å². The maximum Gasteiger partial charge on any atom is 0.328 e. The molecule has 1 N–H and O–H groups in total. The van der Waals surface area contributed by atoms with Gasteiger partial charge in [0.05, 0.1) is 19.9 Å². The Hall–Kier alpha value is -4.52. The van der Waals surface area contributed by atoms with Crippen LogP contribution in [0.1, 0.15) is 11.3 Å². The molecule has 3 aromatic carbocycles. The van der Waals surface area contributed by atoms with Gasteiger partial charge in [0.25, 0.3) is 5.91 Å². The van der Waals surface area contributed by atoms with Crippen molar-refractivity contribution in [2.24, 2.45) is 0 Å². The molecule has 0 saturated carbocycles. The number of rotatable bonds is 5. The van der Waals surface area contributed by atoms with E-state index in [1.54, 1.807) is 12.3 Å². The molecule has 0 radical (unpaired) electrons. The average molecular weight is 481 g/mol. The first-order valence-electron chi connectivity index (χ1n) is 11.8. The Morgan fingerprint density at radius 1 is 1.03 bits per heavy atom. The molecule has 3 heterocycles. The van der Waals surface area contributed by atoms with Crippen LogP contribution in [0.4, 0.5) is 0 Å². The van der Waals surface area contributed by atoms with Crippen molar-refractivity contribution in [3.05, 3.63) is 90.3 Å². The quantitative estimate of drug-likeness (QED) is 0.355. The number of ether oxygens (including phenoxy) is 2. The number of furan rings is 1. The first kappa shape index (κ1) is 22.0. The van der Waals surface area contributed by atoms with Gasteiger partial charge in [0, 0.05) is 34.0 Å². The van der Waals surface area contributed by atoms with Crippen LogP contribution in [-0.2, 0) is 27.3 Å². The standard InChI is InChI=1S/C29H24N2O5/c1-34-29(33)26-14-21-20-9-5-6-10-24(20)30-25(21)15-31(26)28(32)17-35-19-11-12-27-22(13-19)23(16-36-27)18-7-3-2-4-8-18/h2-13,16,26,30H,14-15,17H2,1H3/t26-/m0/s1. The first-order valence-corrected chi connectivity index (χ1v) is 11.8. The lowest BCUT2D eigenvalue weighted by atomic mass is 9.96. The lowest BCUT2D eigenvalue weighted by Crippen LogP contribution is -2.50. The normalized spacial score (nSPS) is 15.1. The van der Waals surface area contributed by atoms with Gasteiger partial charge in [-0.05, 0) is 35.4 Å². The lowest BCUT2D eigenvalue weighted by molar-refractivity contribution is -0.154. The first-order chi connectivity index (χ1) is 17.6. The fraction of sp³-hybridized carbons (Fsp3) is 0.172. The number of esters is 1. The lowest BCUT2D eigenvalue weighted by Gasteiger charge is -2.33. The second-order valence-corrected chi connectivity index (χ2v) is 8.85. The van der Waals surface area contributed by atoms with Gasteiger partial charge in [0.1, 0.15) is 17.4 Å². The van der Waals surface area contributed by atoms with Crippen LogP contribution < -0.4 is 4.74 Å². The van der Waals surface area contributed by atoms with Crippen LogP contribution in [-0.4, -0.2) is 41.5 Å². The van der Waals surface area contributed by atoms with E-state index in [0.29, 0.717) is 12.2 Å². The number of para-hydroxylation sites is 1. The molecule has 2 aromatic heterocycles. The van der Waals surface area contributed by atoms with Crippen molar-refractivity contribution in [1.29, 1.82) is 0 Å². The summed E-state index contributed by atoms with van der Waals surface area (Å²) in [6.07, 6.45) is 2.11. The highest BCUT2D eigenvalue weighted by Gasteiger charge is 2.37. The summed E-state index contributed by atoms with van der Waals surface area (Å²) in [5.74, 6) is -0.177. The zero-order valence-corrected chi connectivity index (χ0v) is 19.7. The SMILES string of the molecule is COC(=O)[C@@H]1Cc2c([nH]c3ccccc23)CN1C(=O)COc1ccc2occ(-c3ccccc3)c2c1. The zero-order chi connectivity index (χ0) is 24.6. The fourth-order valence-corrected chi connectivity index (χ4v) is 4.98. The highest BCUT2D eigenvalue weighted by atomic mass is 16.5. The molecule has 0 spiro atoms. The number of nitrogens with zero attached hydrogens (tertiary/aromatic N) is 1. The third-order valence-corrected chi connectivity index (χ3v) is 6.79. The second kappa shape index (κ2) is 8.92. The topological polar surface area (TPSA) is 84.8 Å². The Morgan fingerprint density at radius 3 is 2.67 bits per heavy atom. The maximum atomic E-state index is 13.3. The summed E-state index contributed by atoms with van der Waals surface area (Å²) in [5, 5.41) is 1.96. The molecular weight excluding hydrogens is 456 g/mol. The molecule has 36 heavy (non-hydrogen) atoms. The van der Waals surface area contributed by atoms with Crippen LogP contribution in [0.25, 0.3) is 33.0 Å². The van der Waals surface area contributed by atoms with Crippen molar-refractivity contribution >= 4 is 33.7 Å². The molecule has 7 heteroatoms. The van der Waals surface area contributed by atoms with E-state index in [1.165, 1.54) is 12.0 Å². The maximum absolute atomic E-state index is 13.3. The second-order valence-electron chi connectivity index (χ2n) is 8.85. The predicted molar refractivity (Wildman–Crippen MR) is 136 cm³/mol. The summed E-state index contributed by atoms with van der Waals surface area (Å²) in [7, 11) is 1.34. The van der Waals surface area contributed by atoms with Gasteiger partial charge in [-0.1, -0.05) is 48.5 Å². The molecule has 1 atom stereocenters. The number of aromatic nitrogens is 1. The van der Waals surface area contributed by atoms with Crippen LogP contribution in [0.15, 0.2) is 83.5 Å². The van der Waals surface area contributed by atoms with Crippen LogP contribution >= 0.6 is 0 Å². The average Bonchev–Trinajstić information content (AvgIpc) is 3.51. The number of nitrogens with one attached hydrogen (secondary N) is 1. The number of benzene rings is 3. The molecule has 5 aromatic rings. The molecule has 1 aliphatic heterocycles. The number of hydrogen-bond donors (Lipinski definition) is 1. The highest BCUT2D eigenvalue weighted by molar-refractivity contribution is 5.95. The Balaban J connectivity index is 1.24. The van der Waals surface area contributed by atoms with E-state index in [4.69, 9.17) is 13.9 Å². The Morgan fingerprint density at radius 2 is 1.83 bits per heavy atom. The monoisotopic (exact) mass is 480 g/mol. The van der Waals surface area contributed by atoms with Crippen LogP contribution in [0.2, 0.25) is 0 Å². The molecule has 0 bridgehead atoms. The number of hydrogen-bond acceptors (Lipinski definition) is 5. The highest BCUT2D eigenvalue weighted by Crippen LogP contribution is 2.34. The van der Waals surface area contributed by atoms with Gasteiger partial charge in [-0.25, -0.2) is 4.79 Å². The molecule has 0 saturated heterocycles. The molecule has 0 fully saturated rings. The largest absolute Gasteiger partial charge is 0.484 e. The minimum absolute atomic E-state index is 0.201. The van der Waals surface area contributed by atoms with Crippen molar-refractivity contribution in [1.82, 2.24) is 9.88 Å². The molecule has 1 amide bonds. The summed E-state index contributed by atoms with van der Waals surface area (Å²) >= 11 is 0. The molecular formula is C29H24N2O5. The van der Waals surface area contributed by atoms with E-state index in [0.717, 1.165) is 44.3 Å². The number of fused-ring (bicyclic) bond motifs is 4. The zero-order valence-electron chi connectivity index (χ0n) is 19.7. The molecule has 0 unspecified atom stereocenters. The van der Waals surface area contributed by atoms with Gasteiger partial charge in [-0.15, -0.1) is 0 Å². The van der Waals surface area contributed by atoms with E-state index in [1.807, 2.05) is 66.7 Å². The Bertz CT molecular complexity index is 1580. The van der Waals surface area contributed by atoms with Crippen LogP contribution in [0.3, 0.4) is 0 Å². The number of carbonyl (C=O) groups is 2. The third-order valence-electron chi connectivity index (χ3n) is 6.79. The summed E-state index contributed by atoms with van der Waals surface area (Å²) in [4.78, 5) is 30.9. The number of methoxy groups -OCH3 is 1. The predicted octanol–water partition coefficient (Wildman–Crippen LogP) is 5.09. The van der Waals surface area contributed by atoms with E-state index in [9.17, 15) is 9.59 Å². The van der Waals surface area contributed by atoms with Crippen molar-refractivity contribution in [3.8, 4) is 16.9 Å². The van der Waals surface area contributed by atoms with Crippen molar-refractivity contribution in [2.75, 3.05) is 13.7 Å². The van der Waals surface area contributed by atoms with Gasteiger partial charge in [0.15, 0.2) is 6.61 Å². The van der Waals surface area contributed by atoms with E-state index in [-0.39, 0.29) is 19.1 Å². The van der Waals surface area contributed by atoms with Crippen molar-refractivity contribution in [3.63, 3.8) is 0 Å². The van der Waals surface area contributed by atoms with E-state index in [2.05, 4.69) is 4.98 Å². The van der Waals surface area contributed by atoms with Crippen LogP contribution in [0.5, 0.6) is 5.75 Å². The van der Waals surface area contributed by atoms with Crippen LogP contribution in [0, 0.1) is 0 Å². The molecule has 1 aliphatic rings. The summed E-state index contributed by atoms with van der Waals surface area (Å²) in [6, 6.07) is 22.7. The minimum Gasteiger partial charge on any atom is -0.484 e.